The van der Waals surface area contributed by atoms with Crippen LogP contribution in [0.2, 0.25) is 0 Å². The largest absolute Gasteiger partial charge is 0.455 e. The first kappa shape index (κ1) is 14.8. The van der Waals surface area contributed by atoms with Gasteiger partial charge in [-0.05, 0) is 37.1 Å². The maximum atomic E-state index is 12.1. The van der Waals surface area contributed by atoms with Crippen LogP contribution in [-0.2, 0) is 14.3 Å². The smallest absolute Gasteiger partial charge is 0.309 e. The third-order valence-corrected chi connectivity index (χ3v) is 3.34. The molecule has 1 amide bonds. The Balaban J connectivity index is 1.76. The highest BCUT2D eigenvalue weighted by Gasteiger charge is 2.31. The molecule has 2 rings (SSSR count). The number of carbonyl (C=O) groups excluding carboxylic acids is 2. The van der Waals surface area contributed by atoms with Crippen LogP contribution in [0.1, 0.15) is 12.8 Å². The van der Waals surface area contributed by atoms with Crippen LogP contribution in [-0.4, -0.2) is 24.2 Å². The van der Waals surface area contributed by atoms with Gasteiger partial charge in [-0.15, -0.1) is 0 Å². The SMILES string of the molecule is O=C(COC(=O)C1CC1)Nc1ccc(SC(F)F)cc1. The minimum atomic E-state index is -2.47. The van der Waals surface area contributed by atoms with Crippen LogP contribution in [0, 0.1) is 5.92 Å². The average Bonchev–Trinajstić information content (AvgIpc) is 3.22. The molecule has 4 nitrogen and oxygen atoms in total. The highest BCUT2D eigenvalue weighted by Crippen LogP contribution is 2.30. The summed E-state index contributed by atoms with van der Waals surface area (Å²) in [5.74, 6) is -3.32. The Morgan fingerprint density at radius 1 is 1.30 bits per heavy atom. The van der Waals surface area contributed by atoms with Gasteiger partial charge in [0.15, 0.2) is 6.61 Å². The number of anilines is 1. The van der Waals surface area contributed by atoms with Crippen molar-refractivity contribution < 1.29 is 23.1 Å². The molecule has 0 aromatic heterocycles. The van der Waals surface area contributed by atoms with Gasteiger partial charge >= 0.3 is 5.97 Å². The lowest BCUT2D eigenvalue weighted by Crippen LogP contribution is -2.21. The Morgan fingerprint density at radius 2 is 1.95 bits per heavy atom. The third kappa shape index (κ3) is 4.80. The van der Waals surface area contributed by atoms with Gasteiger partial charge in [-0.2, -0.15) is 8.78 Å². The van der Waals surface area contributed by atoms with E-state index in [2.05, 4.69) is 5.32 Å². The predicted molar refractivity (Wildman–Crippen MR) is 70.6 cm³/mol. The zero-order valence-corrected chi connectivity index (χ0v) is 11.3. The maximum absolute atomic E-state index is 12.1. The van der Waals surface area contributed by atoms with E-state index in [-0.39, 0.29) is 18.5 Å². The van der Waals surface area contributed by atoms with E-state index < -0.39 is 11.7 Å². The Morgan fingerprint density at radius 3 is 2.50 bits per heavy atom. The van der Waals surface area contributed by atoms with Crippen LogP contribution in [0.4, 0.5) is 14.5 Å². The van der Waals surface area contributed by atoms with E-state index in [1.807, 2.05) is 0 Å². The molecule has 0 spiro atoms. The number of rotatable bonds is 6. The zero-order chi connectivity index (χ0) is 14.5. The minimum absolute atomic E-state index is 0.0477. The van der Waals surface area contributed by atoms with Crippen LogP contribution in [0.3, 0.4) is 0 Å². The Labute approximate surface area is 118 Å². The molecule has 1 aromatic carbocycles. The van der Waals surface area contributed by atoms with Crippen LogP contribution in [0.25, 0.3) is 0 Å². The van der Waals surface area contributed by atoms with Gasteiger partial charge in [-0.1, -0.05) is 11.8 Å². The van der Waals surface area contributed by atoms with Gasteiger partial charge in [0, 0.05) is 10.6 Å². The zero-order valence-electron chi connectivity index (χ0n) is 10.5. The van der Waals surface area contributed by atoms with Gasteiger partial charge in [-0.25, -0.2) is 0 Å². The summed E-state index contributed by atoms with van der Waals surface area (Å²) >= 11 is 0.435. The summed E-state index contributed by atoms with van der Waals surface area (Å²) in [5, 5.41) is 2.52. The summed E-state index contributed by atoms with van der Waals surface area (Å²) in [6.07, 6.45) is 1.65. The first-order valence-corrected chi connectivity index (χ1v) is 6.94. The van der Waals surface area contributed by atoms with Crippen molar-refractivity contribution in [1.29, 1.82) is 0 Å². The predicted octanol–water partition coefficient (Wildman–Crippen LogP) is 2.89. The van der Waals surface area contributed by atoms with E-state index in [0.29, 0.717) is 22.3 Å². The molecule has 0 aliphatic heterocycles. The number of hydrogen-bond donors (Lipinski definition) is 1. The highest BCUT2D eigenvalue weighted by molar-refractivity contribution is 7.99. The summed E-state index contributed by atoms with van der Waals surface area (Å²) in [5.41, 5.74) is 0.469. The van der Waals surface area contributed by atoms with Gasteiger partial charge in [0.2, 0.25) is 0 Å². The monoisotopic (exact) mass is 301 g/mol. The second kappa shape index (κ2) is 6.69. The second-order valence-electron chi connectivity index (χ2n) is 4.33. The molecule has 0 bridgehead atoms. The molecular formula is C13H13F2NO3S. The number of ether oxygens (including phenoxy) is 1. The summed E-state index contributed by atoms with van der Waals surface area (Å²) in [6, 6.07) is 6.02. The summed E-state index contributed by atoms with van der Waals surface area (Å²) < 4.78 is 29.1. The second-order valence-corrected chi connectivity index (χ2v) is 5.40. The standard InChI is InChI=1S/C13H13F2NO3S/c14-13(15)20-10-5-3-9(4-6-10)16-11(17)7-19-12(18)8-1-2-8/h3-6,8,13H,1-2,7H2,(H,16,17). The Bertz CT molecular complexity index is 489. The molecule has 0 saturated heterocycles. The lowest BCUT2D eigenvalue weighted by Gasteiger charge is -2.07. The topological polar surface area (TPSA) is 55.4 Å². The molecular weight excluding hydrogens is 288 g/mol. The summed E-state index contributed by atoms with van der Waals surface area (Å²) in [7, 11) is 0. The van der Waals surface area contributed by atoms with Crippen molar-refractivity contribution in [2.45, 2.75) is 23.5 Å². The fraction of sp³-hybridized carbons (Fsp3) is 0.385. The lowest BCUT2D eigenvalue weighted by molar-refractivity contribution is -0.148. The number of thioether (sulfide) groups is 1. The fourth-order valence-electron chi connectivity index (χ4n) is 1.49. The number of amides is 1. The number of carbonyl (C=O) groups is 2. The van der Waals surface area contributed by atoms with Crippen molar-refractivity contribution in [1.82, 2.24) is 0 Å². The van der Waals surface area contributed by atoms with Crippen LogP contribution in [0.5, 0.6) is 0 Å². The number of esters is 1. The molecule has 0 radical (unpaired) electrons. The molecule has 0 heterocycles. The molecule has 7 heteroatoms. The highest BCUT2D eigenvalue weighted by atomic mass is 32.2. The van der Waals surface area contributed by atoms with E-state index in [1.54, 1.807) is 0 Å². The van der Waals surface area contributed by atoms with E-state index in [0.717, 1.165) is 12.8 Å². The third-order valence-electron chi connectivity index (χ3n) is 2.62. The quantitative estimate of drug-likeness (QED) is 0.648. The number of benzene rings is 1. The van der Waals surface area contributed by atoms with E-state index in [9.17, 15) is 18.4 Å². The fourth-order valence-corrected chi connectivity index (χ4v) is 1.99. The average molecular weight is 301 g/mol. The number of nitrogens with one attached hydrogen (secondary N) is 1. The number of alkyl halides is 2. The van der Waals surface area contributed by atoms with Crippen LogP contribution >= 0.6 is 11.8 Å². The van der Waals surface area contributed by atoms with Crippen molar-refractivity contribution in [2.75, 3.05) is 11.9 Å². The van der Waals surface area contributed by atoms with Crippen LogP contribution < -0.4 is 5.32 Å². The van der Waals surface area contributed by atoms with Crippen molar-refractivity contribution in [3.05, 3.63) is 24.3 Å². The first-order chi connectivity index (χ1) is 9.54. The normalized spacial score (nSPS) is 14.2. The van der Waals surface area contributed by atoms with E-state index in [4.69, 9.17) is 4.74 Å². The van der Waals surface area contributed by atoms with Gasteiger partial charge in [0.25, 0.3) is 11.7 Å². The molecule has 1 saturated carbocycles. The van der Waals surface area contributed by atoms with E-state index in [1.165, 1.54) is 24.3 Å². The number of hydrogen-bond acceptors (Lipinski definition) is 4. The Kier molecular flexibility index (Phi) is 4.94. The molecule has 0 atom stereocenters. The summed E-state index contributed by atoms with van der Waals surface area (Å²) in [4.78, 5) is 23.2. The molecule has 1 fully saturated rings. The first-order valence-electron chi connectivity index (χ1n) is 6.06. The minimum Gasteiger partial charge on any atom is -0.455 e. The molecule has 0 unspecified atom stereocenters. The van der Waals surface area contributed by atoms with Crippen molar-refractivity contribution in [2.24, 2.45) is 5.92 Å². The maximum Gasteiger partial charge on any atom is 0.309 e. The molecule has 1 aromatic rings. The molecule has 1 N–H and O–H groups in total. The van der Waals surface area contributed by atoms with Crippen LogP contribution in [0.15, 0.2) is 29.2 Å². The molecule has 108 valence electrons. The van der Waals surface area contributed by atoms with Gasteiger partial charge in [-0.3, -0.25) is 9.59 Å². The van der Waals surface area contributed by atoms with Gasteiger partial charge < -0.3 is 10.1 Å². The van der Waals surface area contributed by atoms with Crippen molar-refractivity contribution >= 4 is 29.3 Å². The van der Waals surface area contributed by atoms with Gasteiger partial charge in [0.1, 0.15) is 0 Å². The Hall–Kier alpha value is -1.63. The van der Waals surface area contributed by atoms with Crippen molar-refractivity contribution in [3.63, 3.8) is 0 Å². The molecule has 1 aliphatic rings. The molecule has 20 heavy (non-hydrogen) atoms. The lowest BCUT2D eigenvalue weighted by atomic mass is 10.3. The van der Waals surface area contributed by atoms with Gasteiger partial charge in [0.05, 0.1) is 5.92 Å². The summed E-state index contributed by atoms with van der Waals surface area (Å²) in [6.45, 7) is -0.330. The van der Waals surface area contributed by atoms with Crippen molar-refractivity contribution in [3.8, 4) is 0 Å². The van der Waals surface area contributed by atoms with E-state index >= 15 is 0 Å². The molecule has 1 aliphatic carbocycles. The number of halogens is 2.